The second-order valence-electron chi connectivity index (χ2n) is 5.39. The third-order valence-electron chi connectivity index (χ3n) is 3.49. The number of rotatable bonds is 14. The van der Waals surface area contributed by atoms with Crippen molar-refractivity contribution in [3.63, 3.8) is 0 Å². The predicted octanol–water partition coefficient (Wildman–Crippen LogP) is 2.56. The van der Waals surface area contributed by atoms with E-state index in [-0.39, 0.29) is 51.4 Å². The van der Waals surface area contributed by atoms with E-state index < -0.39 is 5.97 Å². The van der Waals surface area contributed by atoms with E-state index in [2.05, 4.69) is 6.92 Å². The Morgan fingerprint density at radius 1 is 0.684 bits per heavy atom. The summed E-state index contributed by atoms with van der Waals surface area (Å²) in [6.45, 7) is 2.26. The van der Waals surface area contributed by atoms with Gasteiger partial charge in [0.05, 0.1) is 0 Å². The first-order valence-corrected chi connectivity index (χ1v) is 7.99. The molecule has 1 N–H and O–H groups in total. The van der Waals surface area contributed by atoms with Gasteiger partial charge in [0.2, 0.25) is 0 Å². The summed E-state index contributed by atoms with van der Waals surface area (Å²) in [5.74, 6) is -0.655. The van der Waals surface area contributed by atoms with E-state index in [0.717, 1.165) is 12.8 Å². The van der Waals surface area contributed by atoms with Gasteiger partial charge in [-0.25, -0.2) is 0 Å². The van der Waals surface area contributed by atoms with Crippen molar-refractivity contribution in [3.05, 3.63) is 0 Å². The molecule has 0 aromatic carbocycles. The van der Waals surface area contributed by atoms with Gasteiger partial charge >= 0.3 is 57.4 Å². The Kier molecular flexibility index (Phi) is 22.5. The molecular weight excluding hydrogens is 263 g/mol. The van der Waals surface area contributed by atoms with Crippen LogP contribution < -0.4 is 51.4 Å². The smallest absolute Gasteiger partial charge is 0.481 e. The van der Waals surface area contributed by atoms with Crippen LogP contribution in [0, 0.1) is 0 Å². The van der Waals surface area contributed by atoms with Crippen LogP contribution in [0.25, 0.3) is 0 Å². The average Bonchev–Trinajstić information content (AvgIpc) is 2.34. The van der Waals surface area contributed by atoms with Crippen molar-refractivity contribution in [2.45, 2.75) is 96.8 Å². The topological polar surface area (TPSA) is 37.3 Å². The second-order valence-corrected chi connectivity index (χ2v) is 5.39. The first-order valence-electron chi connectivity index (χ1n) is 7.99. The zero-order valence-corrected chi connectivity index (χ0v) is 16.4. The minimum Gasteiger partial charge on any atom is -0.481 e. The van der Waals surface area contributed by atoms with Gasteiger partial charge in [0.1, 0.15) is 0 Å². The molecule has 0 atom stereocenters. The number of hydrogen-bond donors (Lipinski definition) is 1. The van der Waals surface area contributed by atoms with Crippen molar-refractivity contribution in [1.29, 1.82) is 0 Å². The molecule has 0 aliphatic heterocycles. The number of unbranched alkanes of at least 4 members (excludes halogenated alkanes) is 12. The van der Waals surface area contributed by atoms with Crippen molar-refractivity contribution in [1.82, 2.24) is 0 Å². The molecule has 0 aromatic heterocycles. The van der Waals surface area contributed by atoms with Crippen LogP contribution in [0.15, 0.2) is 0 Å². The molecule has 0 heterocycles. The van der Waals surface area contributed by atoms with Crippen LogP contribution in [0.5, 0.6) is 0 Å². The molecule has 0 fully saturated rings. The van der Waals surface area contributed by atoms with Crippen LogP contribution in [0.4, 0.5) is 0 Å². The SMILES string of the molecule is CCCCCCCCCCCCCCCC(=O)O.[K+]. The molecule has 0 unspecified atom stereocenters. The zero-order chi connectivity index (χ0) is 13.5. The van der Waals surface area contributed by atoms with E-state index in [1.54, 1.807) is 0 Å². The molecule has 3 heteroatoms. The zero-order valence-electron chi connectivity index (χ0n) is 13.3. The Morgan fingerprint density at radius 2 is 1.00 bits per heavy atom. The van der Waals surface area contributed by atoms with Crippen molar-refractivity contribution < 1.29 is 61.3 Å². The van der Waals surface area contributed by atoms with Gasteiger partial charge < -0.3 is 5.11 Å². The summed E-state index contributed by atoms with van der Waals surface area (Å²) in [5, 5.41) is 8.49. The van der Waals surface area contributed by atoms with E-state index >= 15 is 0 Å². The number of carbonyl (C=O) groups is 1. The molecule has 0 spiro atoms. The monoisotopic (exact) mass is 295 g/mol. The third-order valence-corrected chi connectivity index (χ3v) is 3.49. The minimum atomic E-state index is -0.655. The van der Waals surface area contributed by atoms with E-state index in [9.17, 15) is 4.79 Å². The molecule has 19 heavy (non-hydrogen) atoms. The summed E-state index contributed by atoms with van der Waals surface area (Å²) < 4.78 is 0. The Labute approximate surface area is 162 Å². The molecule has 2 nitrogen and oxygen atoms in total. The van der Waals surface area contributed by atoms with Gasteiger partial charge in [0.25, 0.3) is 0 Å². The number of carboxylic acid groups (broad SMARTS) is 1. The van der Waals surface area contributed by atoms with Crippen molar-refractivity contribution in [3.8, 4) is 0 Å². The van der Waals surface area contributed by atoms with Crippen LogP contribution in [0.2, 0.25) is 0 Å². The Balaban J connectivity index is 0. The molecule has 0 amide bonds. The molecule has 0 bridgehead atoms. The summed E-state index contributed by atoms with van der Waals surface area (Å²) in [6, 6.07) is 0. The van der Waals surface area contributed by atoms with Crippen molar-refractivity contribution >= 4 is 5.97 Å². The Bertz CT molecular complexity index is 184. The quantitative estimate of drug-likeness (QED) is 0.395. The van der Waals surface area contributed by atoms with E-state index in [1.807, 2.05) is 0 Å². The van der Waals surface area contributed by atoms with E-state index in [1.165, 1.54) is 70.6 Å². The Morgan fingerprint density at radius 3 is 1.32 bits per heavy atom. The first-order chi connectivity index (χ1) is 8.77. The van der Waals surface area contributed by atoms with E-state index in [4.69, 9.17) is 5.11 Å². The van der Waals surface area contributed by atoms with Gasteiger partial charge in [-0.05, 0) is 6.42 Å². The fourth-order valence-electron chi connectivity index (χ4n) is 2.29. The maximum Gasteiger partial charge on any atom is 1.00 e. The summed E-state index contributed by atoms with van der Waals surface area (Å²) in [5.41, 5.74) is 0. The third kappa shape index (κ3) is 21.6. The van der Waals surface area contributed by atoms with Crippen molar-refractivity contribution in [2.24, 2.45) is 0 Å². The Hall–Kier alpha value is 1.11. The van der Waals surface area contributed by atoms with Gasteiger partial charge in [-0.2, -0.15) is 0 Å². The summed E-state index contributed by atoms with van der Waals surface area (Å²) in [4.78, 5) is 10.3. The molecule has 108 valence electrons. The average molecular weight is 296 g/mol. The van der Waals surface area contributed by atoms with Gasteiger partial charge in [0, 0.05) is 6.42 Å². The van der Waals surface area contributed by atoms with Gasteiger partial charge in [-0.15, -0.1) is 0 Å². The molecule has 0 radical (unpaired) electrons. The standard InChI is InChI=1S/C16H32O2.K/c1-2-3-4-5-6-7-8-9-10-11-12-13-14-15-16(17)18;/h2-15H2,1H3,(H,17,18);/q;+1. The van der Waals surface area contributed by atoms with Gasteiger partial charge in [-0.1, -0.05) is 84.0 Å². The van der Waals surface area contributed by atoms with Crippen LogP contribution in [0.1, 0.15) is 96.8 Å². The number of aliphatic carboxylic acids is 1. The summed E-state index contributed by atoms with van der Waals surface area (Å²) in [6.07, 6.45) is 17.3. The second kappa shape index (κ2) is 19.1. The maximum atomic E-state index is 10.3. The normalized spacial score (nSPS) is 10.2. The van der Waals surface area contributed by atoms with Gasteiger partial charge in [0.15, 0.2) is 0 Å². The molecule has 0 aliphatic carbocycles. The van der Waals surface area contributed by atoms with Crippen LogP contribution in [-0.4, -0.2) is 11.1 Å². The van der Waals surface area contributed by atoms with Crippen molar-refractivity contribution in [2.75, 3.05) is 0 Å². The molecule has 0 saturated carbocycles. The number of carboxylic acids is 1. The number of hydrogen-bond acceptors (Lipinski definition) is 1. The molecule has 0 aromatic rings. The minimum absolute atomic E-state index is 0. The van der Waals surface area contributed by atoms with Crippen LogP contribution in [-0.2, 0) is 4.79 Å². The molecule has 0 saturated heterocycles. The first kappa shape index (κ1) is 22.4. The largest absolute Gasteiger partial charge is 1.00 e. The predicted molar refractivity (Wildman–Crippen MR) is 77.9 cm³/mol. The van der Waals surface area contributed by atoms with Crippen LogP contribution in [0.3, 0.4) is 0 Å². The van der Waals surface area contributed by atoms with E-state index in [0.29, 0.717) is 6.42 Å². The molecule has 0 aliphatic rings. The fourth-order valence-corrected chi connectivity index (χ4v) is 2.29. The maximum absolute atomic E-state index is 10.3. The molecular formula is C16H32KO2+. The van der Waals surface area contributed by atoms with Crippen LogP contribution >= 0.6 is 0 Å². The summed E-state index contributed by atoms with van der Waals surface area (Å²) >= 11 is 0. The van der Waals surface area contributed by atoms with Gasteiger partial charge in [-0.3, -0.25) is 4.79 Å². The fraction of sp³-hybridized carbons (Fsp3) is 0.938. The summed E-state index contributed by atoms with van der Waals surface area (Å²) in [7, 11) is 0. The molecule has 0 rings (SSSR count).